The van der Waals surface area contributed by atoms with E-state index < -0.39 is 5.54 Å². The molecule has 0 radical (unpaired) electrons. The molecular formula is C15H26N2O3. The summed E-state index contributed by atoms with van der Waals surface area (Å²) >= 11 is 0. The molecule has 2 aliphatic rings. The van der Waals surface area contributed by atoms with Crippen molar-refractivity contribution in [1.29, 1.82) is 0 Å². The maximum atomic E-state index is 9.44. The highest BCUT2D eigenvalue weighted by Crippen LogP contribution is 2.42. The lowest BCUT2D eigenvalue weighted by atomic mass is 9.87. The smallest absolute Gasteiger partial charge is 0.212 e. The number of rotatable bonds is 5. The Morgan fingerprint density at radius 1 is 1.30 bits per heavy atom. The summed E-state index contributed by atoms with van der Waals surface area (Å²) in [6.07, 6.45) is 3.89. The molecule has 1 fully saturated rings. The predicted octanol–water partition coefficient (Wildman–Crippen LogP) is 2.04. The normalized spacial score (nSPS) is 30.0. The first-order valence-electron chi connectivity index (χ1n) is 7.43. The molecule has 2 unspecified atom stereocenters. The van der Waals surface area contributed by atoms with Gasteiger partial charge in [0.15, 0.2) is 0 Å². The van der Waals surface area contributed by atoms with E-state index in [1.165, 1.54) is 12.8 Å². The molecule has 0 amide bonds. The molecule has 20 heavy (non-hydrogen) atoms. The Bertz CT molecular complexity index is 402. The van der Waals surface area contributed by atoms with Gasteiger partial charge in [-0.15, -0.1) is 0 Å². The summed E-state index contributed by atoms with van der Waals surface area (Å²) in [4.78, 5) is 9.57. The van der Waals surface area contributed by atoms with Crippen molar-refractivity contribution in [3.05, 3.63) is 0 Å². The van der Waals surface area contributed by atoms with Crippen LogP contribution in [0.3, 0.4) is 0 Å². The maximum absolute atomic E-state index is 9.44. The van der Waals surface area contributed by atoms with Crippen molar-refractivity contribution in [2.24, 2.45) is 21.8 Å². The number of ether oxygens (including phenoxy) is 2. The molecule has 0 aromatic heterocycles. The molecule has 5 nitrogen and oxygen atoms in total. The Morgan fingerprint density at radius 3 is 2.45 bits per heavy atom. The van der Waals surface area contributed by atoms with Gasteiger partial charge in [0.1, 0.15) is 11.6 Å². The van der Waals surface area contributed by atoms with Crippen LogP contribution in [0.2, 0.25) is 0 Å². The lowest BCUT2D eigenvalue weighted by Crippen LogP contribution is -2.47. The van der Waals surface area contributed by atoms with Crippen molar-refractivity contribution in [2.75, 3.05) is 20.8 Å². The zero-order valence-corrected chi connectivity index (χ0v) is 12.9. The molecule has 0 aromatic carbocycles. The second kappa shape index (κ2) is 6.12. The van der Waals surface area contributed by atoms with Gasteiger partial charge < -0.3 is 14.6 Å². The van der Waals surface area contributed by atoms with E-state index in [4.69, 9.17) is 19.5 Å². The van der Waals surface area contributed by atoms with Gasteiger partial charge in [0.2, 0.25) is 11.8 Å². The van der Waals surface area contributed by atoms with Gasteiger partial charge in [-0.05, 0) is 18.3 Å². The van der Waals surface area contributed by atoms with Crippen LogP contribution in [0.1, 0.15) is 39.5 Å². The van der Waals surface area contributed by atoms with Crippen LogP contribution in [0.4, 0.5) is 0 Å². The highest BCUT2D eigenvalue weighted by Gasteiger charge is 2.46. The zero-order chi connectivity index (χ0) is 14.8. The molecule has 0 spiro atoms. The van der Waals surface area contributed by atoms with Crippen LogP contribution in [-0.4, -0.2) is 49.3 Å². The molecule has 2 rings (SSSR count). The molecule has 0 saturated heterocycles. The van der Waals surface area contributed by atoms with Crippen molar-refractivity contribution in [2.45, 2.75) is 51.1 Å². The minimum Gasteiger partial charge on any atom is -0.483 e. The van der Waals surface area contributed by atoms with E-state index in [0.717, 1.165) is 6.42 Å². The molecular weight excluding hydrogens is 256 g/mol. The third-order valence-corrected chi connectivity index (χ3v) is 4.11. The van der Waals surface area contributed by atoms with Gasteiger partial charge in [-0.1, -0.05) is 26.7 Å². The number of nitrogens with zero attached hydrogens (tertiary/aromatic N) is 2. The molecule has 1 saturated carbocycles. The SMILES string of the molecule is COC1=NC(CCO)(CC2CC2)C(OC)=NC1C(C)C. The summed E-state index contributed by atoms with van der Waals surface area (Å²) in [6, 6.07) is -0.0963. The molecule has 114 valence electrons. The summed E-state index contributed by atoms with van der Waals surface area (Å²) in [5, 5.41) is 9.44. The minimum atomic E-state index is -0.540. The van der Waals surface area contributed by atoms with Crippen LogP contribution in [0.5, 0.6) is 0 Å². The number of aliphatic hydroxyl groups is 1. The first-order chi connectivity index (χ1) is 9.56. The summed E-state index contributed by atoms with van der Waals surface area (Å²) in [7, 11) is 3.28. The van der Waals surface area contributed by atoms with Gasteiger partial charge in [-0.25, -0.2) is 9.98 Å². The maximum Gasteiger partial charge on any atom is 0.212 e. The number of hydrogen-bond donors (Lipinski definition) is 1. The fraction of sp³-hybridized carbons (Fsp3) is 0.867. The van der Waals surface area contributed by atoms with Crippen LogP contribution < -0.4 is 0 Å². The van der Waals surface area contributed by atoms with Gasteiger partial charge >= 0.3 is 0 Å². The predicted molar refractivity (Wildman–Crippen MR) is 79.3 cm³/mol. The fourth-order valence-corrected chi connectivity index (χ4v) is 2.85. The molecule has 2 atom stereocenters. The van der Waals surface area contributed by atoms with E-state index in [0.29, 0.717) is 30.1 Å². The third-order valence-electron chi connectivity index (χ3n) is 4.11. The van der Waals surface area contributed by atoms with Crippen molar-refractivity contribution in [3.63, 3.8) is 0 Å². The Morgan fingerprint density at radius 2 is 2.00 bits per heavy atom. The second-order valence-electron chi connectivity index (χ2n) is 6.13. The zero-order valence-electron chi connectivity index (χ0n) is 12.9. The van der Waals surface area contributed by atoms with Crippen molar-refractivity contribution in [1.82, 2.24) is 0 Å². The van der Waals surface area contributed by atoms with Gasteiger partial charge in [0.25, 0.3) is 0 Å². The average molecular weight is 282 g/mol. The molecule has 1 aliphatic carbocycles. The van der Waals surface area contributed by atoms with Crippen LogP contribution in [0.15, 0.2) is 9.98 Å². The van der Waals surface area contributed by atoms with Gasteiger partial charge in [-0.2, -0.15) is 0 Å². The van der Waals surface area contributed by atoms with Gasteiger partial charge in [0, 0.05) is 13.0 Å². The lowest BCUT2D eigenvalue weighted by molar-refractivity contribution is 0.226. The first-order valence-corrected chi connectivity index (χ1v) is 7.43. The lowest BCUT2D eigenvalue weighted by Gasteiger charge is -2.36. The largest absolute Gasteiger partial charge is 0.483 e. The molecule has 0 bridgehead atoms. The van der Waals surface area contributed by atoms with Crippen molar-refractivity contribution < 1.29 is 14.6 Å². The van der Waals surface area contributed by atoms with E-state index in [2.05, 4.69) is 13.8 Å². The fourth-order valence-electron chi connectivity index (χ4n) is 2.85. The summed E-state index contributed by atoms with van der Waals surface area (Å²) in [5.41, 5.74) is -0.540. The van der Waals surface area contributed by atoms with Crippen molar-refractivity contribution >= 4 is 11.8 Å². The van der Waals surface area contributed by atoms with Crippen LogP contribution in [0.25, 0.3) is 0 Å². The van der Waals surface area contributed by atoms with E-state index in [1.54, 1.807) is 14.2 Å². The second-order valence-corrected chi connectivity index (χ2v) is 6.13. The molecule has 1 aliphatic heterocycles. The average Bonchev–Trinajstić information content (AvgIpc) is 3.22. The van der Waals surface area contributed by atoms with E-state index >= 15 is 0 Å². The van der Waals surface area contributed by atoms with E-state index in [-0.39, 0.29) is 12.6 Å². The van der Waals surface area contributed by atoms with Crippen LogP contribution in [-0.2, 0) is 9.47 Å². The van der Waals surface area contributed by atoms with E-state index in [9.17, 15) is 5.11 Å². The Balaban J connectivity index is 2.36. The Labute approximate surface area is 121 Å². The summed E-state index contributed by atoms with van der Waals surface area (Å²) < 4.78 is 11.0. The first kappa shape index (κ1) is 15.3. The van der Waals surface area contributed by atoms with Gasteiger partial charge in [-0.3, -0.25) is 0 Å². The Kier molecular flexibility index (Phi) is 4.68. The topological polar surface area (TPSA) is 63.4 Å². The quantitative estimate of drug-likeness (QED) is 0.839. The minimum absolute atomic E-state index is 0.0714. The number of aliphatic imine (C=N–C) groups is 2. The number of hydrogen-bond acceptors (Lipinski definition) is 5. The summed E-state index contributed by atoms with van der Waals surface area (Å²) in [5.74, 6) is 2.28. The number of methoxy groups -OCH3 is 2. The van der Waals surface area contributed by atoms with Crippen LogP contribution >= 0.6 is 0 Å². The summed E-state index contributed by atoms with van der Waals surface area (Å²) in [6.45, 7) is 4.26. The molecule has 5 heteroatoms. The molecule has 0 aromatic rings. The highest BCUT2D eigenvalue weighted by atomic mass is 16.5. The third kappa shape index (κ3) is 2.97. The Hall–Kier alpha value is -1.10. The van der Waals surface area contributed by atoms with Gasteiger partial charge in [0.05, 0.1) is 14.2 Å². The van der Waals surface area contributed by atoms with Crippen molar-refractivity contribution in [3.8, 4) is 0 Å². The van der Waals surface area contributed by atoms with Crippen LogP contribution in [0, 0.1) is 11.8 Å². The molecule has 1 N–H and O–H groups in total. The standard InChI is InChI=1S/C15H26N2O3/c1-10(2)12-13(19-3)17-15(7-8-18,9-11-5-6-11)14(16-12)20-4/h10-12,18H,5-9H2,1-4H3. The van der Waals surface area contributed by atoms with E-state index in [1.807, 2.05) is 0 Å². The monoisotopic (exact) mass is 282 g/mol. The highest BCUT2D eigenvalue weighted by molar-refractivity contribution is 5.96. The number of aliphatic hydroxyl groups excluding tert-OH is 1. The molecule has 1 heterocycles.